The summed E-state index contributed by atoms with van der Waals surface area (Å²) in [4.78, 5) is 37.5. The largest absolute Gasteiger partial charge is 0.462 e. The summed E-state index contributed by atoms with van der Waals surface area (Å²) in [5.74, 6) is -0.891. The lowest BCUT2D eigenvalue weighted by molar-refractivity contribution is -0.167. The molecule has 0 bridgehead atoms. The minimum absolute atomic E-state index is 0.0733. The van der Waals surface area contributed by atoms with E-state index in [1.165, 1.54) is 122 Å². The van der Waals surface area contributed by atoms with Crippen molar-refractivity contribution in [1.82, 2.24) is 0 Å². The van der Waals surface area contributed by atoms with E-state index in [2.05, 4.69) is 45.1 Å². The Morgan fingerprint density at radius 2 is 0.679 bits per heavy atom. The first kappa shape index (κ1) is 50.9. The molecule has 0 saturated heterocycles. The third kappa shape index (κ3) is 40.9. The Hall–Kier alpha value is -2.11. The highest BCUT2D eigenvalue weighted by Crippen LogP contribution is 2.15. The van der Waals surface area contributed by atoms with Crippen molar-refractivity contribution in [2.24, 2.45) is 0 Å². The Labute approximate surface area is 328 Å². The second kappa shape index (κ2) is 42.6. The van der Waals surface area contributed by atoms with Gasteiger partial charge in [0.05, 0.1) is 0 Å². The summed E-state index contributed by atoms with van der Waals surface area (Å²) in [5, 5.41) is 0. The van der Waals surface area contributed by atoms with Crippen molar-refractivity contribution in [2.75, 3.05) is 13.2 Å². The topological polar surface area (TPSA) is 78.9 Å². The highest BCUT2D eigenvalue weighted by Gasteiger charge is 2.19. The Bertz CT molecular complexity index is 865. The van der Waals surface area contributed by atoms with Crippen molar-refractivity contribution in [2.45, 2.75) is 245 Å². The lowest BCUT2D eigenvalue weighted by Gasteiger charge is -2.18. The molecule has 6 nitrogen and oxygen atoms in total. The normalized spacial score (nSPS) is 12.1. The van der Waals surface area contributed by atoms with Crippen molar-refractivity contribution in [3.05, 3.63) is 24.3 Å². The van der Waals surface area contributed by atoms with E-state index in [4.69, 9.17) is 14.2 Å². The van der Waals surface area contributed by atoms with Gasteiger partial charge in [-0.1, -0.05) is 193 Å². The Kier molecular flexibility index (Phi) is 40.9. The van der Waals surface area contributed by atoms with Crippen LogP contribution < -0.4 is 0 Å². The zero-order valence-electron chi connectivity index (χ0n) is 35.3. The molecule has 0 radical (unpaired) electrons. The monoisotopic (exact) mass is 747 g/mol. The van der Waals surface area contributed by atoms with Crippen LogP contribution in [-0.2, 0) is 28.6 Å². The summed E-state index contributed by atoms with van der Waals surface area (Å²) in [6.45, 7) is 6.54. The molecule has 0 N–H and O–H groups in total. The fraction of sp³-hybridized carbons (Fsp3) is 0.851. The molecule has 6 heteroatoms. The van der Waals surface area contributed by atoms with Crippen molar-refractivity contribution < 1.29 is 28.6 Å². The minimum atomic E-state index is -0.767. The molecule has 53 heavy (non-hydrogen) atoms. The van der Waals surface area contributed by atoms with Crippen LogP contribution in [0.3, 0.4) is 0 Å². The molecule has 0 aliphatic heterocycles. The Morgan fingerprint density at radius 3 is 1.08 bits per heavy atom. The van der Waals surface area contributed by atoms with Crippen molar-refractivity contribution in [3.8, 4) is 0 Å². The average molecular weight is 747 g/mol. The first-order chi connectivity index (χ1) is 26.0. The predicted octanol–water partition coefficient (Wildman–Crippen LogP) is 14.4. The maximum atomic E-state index is 12.7. The van der Waals surface area contributed by atoms with Gasteiger partial charge in [0, 0.05) is 19.3 Å². The molecule has 0 aromatic heterocycles. The number of rotatable bonds is 41. The zero-order chi connectivity index (χ0) is 38.7. The van der Waals surface area contributed by atoms with Gasteiger partial charge in [0.2, 0.25) is 0 Å². The minimum Gasteiger partial charge on any atom is -0.462 e. The van der Waals surface area contributed by atoms with E-state index >= 15 is 0 Å². The van der Waals surface area contributed by atoms with Gasteiger partial charge < -0.3 is 14.2 Å². The molecule has 0 amide bonds. The third-order valence-electron chi connectivity index (χ3n) is 9.96. The quantitative estimate of drug-likeness (QED) is 0.0268. The van der Waals surface area contributed by atoms with Gasteiger partial charge in [-0.15, -0.1) is 0 Å². The molecule has 0 spiro atoms. The summed E-state index contributed by atoms with van der Waals surface area (Å²) in [7, 11) is 0. The summed E-state index contributed by atoms with van der Waals surface area (Å²) in [6.07, 6.45) is 46.0. The third-order valence-corrected chi connectivity index (χ3v) is 9.96. The van der Waals surface area contributed by atoms with Crippen LogP contribution in [0.2, 0.25) is 0 Å². The second-order valence-electron chi connectivity index (χ2n) is 15.3. The van der Waals surface area contributed by atoms with Crippen LogP contribution in [0.4, 0.5) is 0 Å². The van der Waals surface area contributed by atoms with E-state index < -0.39 is 6.10 Å². The van der Waals surface area contributed by atoms with Crippen LogP contribution in [0.15, 0.2) is 24.3 Å². The van der Waals surface area contributed by atoms with Crippen LogP contribution in [0, 0.1) is 0 Å². The molecule has 0 aromatic rings. The standard InChI is InChI=1S/C47H86O6/c1-4-7-10-13-16-18-20-22-24-26-27-29-31-34-37-40-46(49)52-43-44(42-51-45(48)39-36-33-15-12-9-6-3)53-47(50)41-38-35-32-30-28-25-23-21-19-17-14-11-8-5-2/h16,18,22,24,44H,4-15,17,19-21,23,25-43H2,1-3H3/b18-16-,24-22-. The van der Waals surface area contributed by atoms with Gasteiger partial charge in [0.15, 0.2) is 6.10 Å². The number of allylic oxidation sites excluding steroid dienone is 4. The molecule has 310 valence electrons. The molecule has 0 rings (SSSR count). The molecular weight excluding hydrogens is 661 g/mol. The molecule has 0 aromatic carbocycles. The summed E-state index contributed by atoms with van der Waals surface area (Å²) in [5.41, 5.74) is 0. The molecule has 0 saturated carbocycles. The number of hydrogen-bond donors (Lipinski definition) is 0. The fourth-order valence-corrected chi connectivity index (χ4v) is 6.47. The lowest BCUT2D eigenvalue weighted by Crippen LogP contribution is -2.30. The van der Waals surface area contributed by atoms with E-state index in [-0.39, 0.29) is 31.1 Å². The molecule has 0 fully saturated rings. The zero-order valence-corrected chi connectivity index (χ0v) is 35.3. The van der Waals surface area contributed by atoms with Gasteiger partial charge >= 0.3 is 17.9 Å². The van der Waals surface area contributed by atoms with Crippen molar-refractivity contribution in [1.29, 1.82) is 0 Å². The SMILES string of the molecule is CCCCC/C=C\C/C=C\CCCCCCCC(=O)OCC(COC(=O)CCCCCCCC)OC(=O)CCCCCCCCCCCCCCCC. The van der Waals surface area contributed by atoms with Gasteiger partial charge in [-0.25, -0.2) is 0 Å². The second-order valence-corrected chi connectivity index (χ2v) is 15.3. The summed E-state index contributed by atoms with van der Waals surface area (Å²) in [6, 6.07) is 0. The van der Waals surface area contributed by atoms with Crippen LogP contribution in [0.25, 0.3) is 0 Å². The molecule has 0 aliphatic rings. The van der Waals surface area contributed by atoms with Gasteiger partial charge in [0.25, 0.3) is 0 Å². The van der Waals surface area contributed by atoms with Crippen LogP contribution >= 0.6 is 0 Å². The van der Waals surface area contributed by atoms with E-state index in [0.29, 0.717) is 19.3 Å². The fourth-order valence-electron chi connectivity index (χ4n) is 6.47. The van der Waals surface area contributed by atoms with Crippen LogP contribution in [-0.4, -0.2) is 37.2 Å². The van der Waals surface area contributed by atoms with E-state index in [1.54, 1.807) is 0 Å². The molecular formula is C47H86O6. The summed E-state index contributed by atoms with van der Waals surface area (Å²) < 4.78 is 16.6. The first-order valence-corrected chi connectivity index (χ1v) is 22.8. The average Bonchev–Trinajstić information content (AvgIpc) is 3.15. The highest BCUT2D eigenvalue weighted by atomic mass is 16.6. The number of hydrogen-bond acceptors (Lipinski definition) is 6. The van der Waals surface area contributed by atoms with E-state index in [1.807, 2.05) is 0 Å². The van der Waals surface area contributed by atoms with Gasteiger partial charge in [-0.3, -0.25) is 14.4 Å². The smallest absolute Gasteiger partial charge is 0.306 e. The van der Waals surface area contributed by atoms with E-state index in [9.17, 15) is 14.4 Å². The maximum absolute atomic E-state index is 12.7. The lowest BCUT2D eigenvalue weighted by atomic mass is 10.0. The maximum Gasteiger partial charge on any atom is 0.306 e. The number of carbonyl (C=O) groups excluding carboxylic acids is 3. The molecule has 0 aliphatic carbocycles. The number of unbranched alkanes of at least 4 members (excludes halogenated alkanes) is 26. The van der Waals surface area contributed by atoms with Gasteiger partial charge in [-0.2, -0.15) is 0 Å². The van der Waals surface area contributed by atoms with Gasteiger partial charge in [0.1, 0.15) is 13.2 Å². The number of carbonyl (C=O) groups is 3. The Balaban J connectivity index is 4.27. The Morgan fingerprint density at radius 1 is 0.377 bits per heavy atom. The van der Waals surface area contributed by atoms with Crippen LogP contribution in [0.5, 0.6) is 0 Å². The predicted molar refractivity (Wildman–Crippen MR) is 224 cm³/mol. The van der Waals surface area contributed by atoms with E-state index in [0.717, 1.165) is 77.0 Å². The molecule has 1 unspecified atom stereocenters. The first-order valence-electron chi connectivity index (χ1n) is 22.8. The summed E-state index contributed by atoms with van der Waals surface area (Å²) >= 11 is 0. The highest BCUT2D eigenvalue weighted by molar-refractivity contribution is 5.71. The number of ether oxygens (including phenoxy) is 3. The molecule has 1 atom stereocenters. The van der Waals surface area contributed by atoms with Crippen molar-refractivity contribution in [3.63, 3.8) is 0 Å². The van der Waals surface area contributed by atoms with Crippen molar-refractivity contribution >= 4 is 17.9 Å². The number of esters is 3. The van der Waals surface area contributed by atoms with Crippen LogP contribution in [0.1, 0.15) is 239 Å². The molecule has 0 heterocycles. The van der Waals surface area contributed by atoms with Gasteiger partial charge in [-0.05, 0) is 51.4 Å².